The zero-order valence-electron chi connectivity index (χ0n) is 8.93. The van der Waals surface area contributed by atoms with E-state index in [1.807, 2.05) is 0 Å². The molecule has 0 aliphatic rings. The molecule has 0 aromatic carbocycles. The van der Waals surface area contributed by atoms with Crippen LogP contribution in [-0.2, 0) is 20.9 Å². The van der Waals surface area contributed by atoms with E-state index < -0.39 is 18.1 Å². The molecule has 1 heterocycles. The Morgan fingerprint density at radius 2 is 2.38 bits per heavy atom. The molecule has 1 atom stereocenters. The first-order valence-electron chi connectivity index (χ1n) is 4.52. The van der Waals surface area contributed by atoms with E-state index in [0.29, 0.717) is 0 Å². The van der Waals surface area contributed by atoms with Gasteiger partial charge in [-0.3, -0.25) is 4.98 Å². The maximum absolute atomic E-state index is 11.2. The highest BCUT2D eigenvalue weighted by Gasteiger charge is 2.16. The molecule has 6 nitrogen and oxygen atoms in total. The Bertz CT molecular complexity index is 352. The van der Waals surface area contributed by atoms with E-state index in [4.69, 9.17) is 4.74 Å². The third-order valence-electron chi connectivity index (χ3n) is 1.72. The van der Waals surface area contributed by atoms with Gasteiger partial charge >= 0.3 is 12.1 Å². The Labute approximate surface area is 96.6 Å². The third-order valence-corrected chi connectivity index (χ3v) is 2.47. The molecule has 1 aromatic rings. The summed E-state index contributed by atoms with van der Waals surface area (Å²) in [5.41, 5.74) is 1.65. The van der Waals surface area contributed by atoms with E-state index >= 15 is 0 Å². The van der Waals surface area contributed by atoms with Crippen LogP contribution in [0.1, 0.15) is 11.8 Å². The second-order valence-electron chi connectivity index (χ2n) is 2.93. The second kappa shape index (κ2) is 6.06. The average Bonchev–Trinajstić information content (AvgIpc) is 2.78. The number of thiazole rings is 1. The van der Waals surface area contributed by atoms with Gasteiger partial charge in [-0.1, -0.05) is 0 Å². The van der Waals surface area contributed by atoms with Crippen molar-refractivity contribution < 1.29 is 19.1 Å². The maximum atomic E-state index is 11.2. The molecule has 0 fully saturated rings. The van der Waals surface area contributed by atoms with Crippen LogP contribution in [0.15, 0.2) is 11.7 Å². The summed E-state index contributed by atoms with van der Waals surface area (Å²) in [7, 11) is 1.25. The van der Waals surface area contributed by atoms with Gasteiger partial charge in [0.2, 0.25) is 0 Å². The number of hydrogen-bond acceptors (Lipinski definition) is 6. The van der Waals surface area contributed by atoms with Gasteiger partial charge in [-0.25, -0.2) is 9.59 Å². The molecular weight excluding hydrogens is 232 g/mol. The molecule has 0 spiro atoms. The van der Waals surface area contributed by atoms with E-state index in [9.17, 15) is 9.59 Å². The van der Waals surface area contributed by atoms with E-state index in [1.165, 1.54) is 25.4 Å². The lowest BCUT2D eigenvalue weighted by Crippen LogP contribution is -2.39. The van der Waals surface area contributed by atoms with Crippen LogP contribution in [-0.4, -0.2) is 30.2 Å². The highest BCUT2D eigenvalue weighted by atomic mass is 32.1. The quantitative estimate of drug-likeness (QED) is 0.797. The van der Waals surface area contributed by atoms with Gasteiger partial charge in [0.15, 0.2) is 0 Å². The number of nitrogens with one attached hydrogen (secondary N) is 1. The number of alkyl carbamates (subject to hydrolysis) is 1. The van der Waals surface area contributed by atoms with Gasteiger partial charge in [0.1, 0.15) is 12.6 Å². The molecule has 0 radical (unpaired) electrons. The van der Waals surface area contributed by atoms with Gasteiger partial charge in [0, 0.05) is 6.20 Å². The molecule has 0 saturated heterocycles. The van der Waals surface area contributed by atoms with Gasteiger partial charge in [-0.2, -0.15) is 0 Å². The lowest BCUT2D eigenvalue weighted by atomic mass is 10.3. The molecule has 1 aromatic heterocycles. The summed E-state index contributed by atoms with van der Waals surface area (Å²) in [5.74, 6) is -0.519. The van der Waals surface area contributed by atoms with Crippen LogP contribution in [0.4, 0.5) is 4.79 Å². The molecule has 1 N–H and O–H groups in total. The fourth-order valence-electron chi connectivity index (χ4n) is 0.904. The molecule has 0 saturated carbocycles. The first-order chi connectivity index (χ1) is 7.63. The van der Waals surface area contributed by atoms with Crippen LogP contribution in [0.5, 0.6) is 0 Å². The van der Waals surface area contributed by atoms with Crippen molar-refractivity contribution in [1.82, 2.24) is 10.3 Å². The summed E-state index contributed by atoms with van der Waals surface area (Å²) >= 11 is 1.39. The number of rotatable bonds is 4. The molecule has 0 aliphatic heterocycles. The minimum Gasteiger partial charge on any atom is -0.467 e. The number of esters is 1. The normalized spacial score (nSPS) is 11.6. The molecule has 0 bridgehead atoms. The number of ether oxygens (including phenoxy) is 2. The predicted molar refractivity (Wildman–Crippen MR) is 56.9 cm³/mol. The number of carbonyl (C=O) groups is 2. The van der Waals surface area contributed by atoms with Crippen molar-refractivity contribution in [2.24, 2.45) is 0 Å². The number of hydrogen-bond donors (Lipinski definition) is 1. The smallest absolute Gasteiger partial charge is 0.408 e. The number of amides is 1. The maximum Gasteiger partial charge on any atom is 0.408 e. The summed E-state index contributed by atoms with van der Waals surface area (Å²) in [6.07, 6.45) is 0.952. The molecule has 7 heteroatoms. The molecule has 16 heavy (non-hydrogen) atoms. The first kappa shape index (κ1) is 12.4. The predicted octanol–water partition coefficient (Wildman–Crippen LogP) is 0.931. The van der Waals surface area contributed by atoms with Gasteiger partial charge < -0.3 is 14.8 Å². The molecular formula is C9H12N2O4S. The zero-order valence-corrected chi connectivity index (χ0v) is 9.74. The van der Waals surface area contributed by atoms with Crippen LogP contribution in [0.2, 0.25) is 0 Å². The zero-order chi connectivity index (χ0) is 12.0. The third kappa shape index (κ3) is 3.85. The van der Waals surface area contributed by atoms with Crippen LogP contribution in [0.25, 0.3) is 0 Å². The Morgan fingerprint density at radius 3 is 2.94 bits per heavy atom. The monoisotopic (exact) mass is 244 g/mol. The number of carbonyl (C=O) groups excluding carboxylic acids is 2. The van der Waals surface area contributed by atoms with Crippen LogP contribution in [0.3, 0.4) is 0 Å². The number of aromatic nitrogens is 1. The summed E-state index contributed by atoms with van der Waals surface area (Å²) in [4.78, 5) is 26.9. The van der Waals surface area contributed by atoms with E-state index in [-0.39, 0.29) is 6.61 Å². The first-order valence-corrected chi connectivity index (χ1v) is 5.40. The summed E-state index contributed by atoms with van der Waals surface area (Å²) < 4.78 is 9.31. The van der Waals surface area contributed by atoms with Crippen LogP contribution >= 0.6 is 11.3 Å². The molecule has 0 aliphatic carbocycles. The largest absolute Gasteiger partial charge is 0.467 e. The molecule has 1 rings (SSSR count). The van der Waals surface area contributed by atoms with Gasteiger partial charge in [0.25, 0.3) is 0 Å². The Morgan fingerprint density at radius 1 is 1.62 bits per heavy atom. The van der Waals surface area contributed by atoms with Crippen molar-refractivity contribution in [1.29, 1.82) is 0 Å². The van der Waals surface area contributed by atoms with Crippen LogP contribution in [0, 0.1) is 0 Å². The summed E-state index contributed by atoms with van der Waals surface area (Å²) in [6, 6.07) is -0.723. The summed E-state index contributed by atoms with van der Waals surface area (Å²) in [6.45, 7) is 1.66. The van der Waals surface area contributed by atoms with Crippen LogP contribution < -0.4 is 5.32 Å². The minimum absolute atomic E-state index is 0.143. The number of nitrogens with zero attached hydrogens (tertiary/aromatic N) is 1. The van der Waals surface area contributed by atoms with E-state index in [1.54, 1.807) is 11.7 Å². The molecule has 88 valence electrons. The topological polar surface area (TPSA) is 77.5 Å². The highest BCUT2D eigenvalue weighted by Crippen LogP contribution is 2.06. The van der Waals surface area contributed by atoms with Crippen molar-refractivity contribution in [3.05, 3.63) is 16.6 Å². The van der Waals surface area contributed by atoms with Gasteiger partial charge in [-0.05, 0) is 6.92 Å². The lowest BCUT2D eigenvalue weighted by Gasteiger charge is -2.11. The van der Waals surface area contributed by atoms with Gasteiger partial charge in [-0.15, -0.1) is 11.3 Å². The second-order valence-corrected chi connectivity index (χ2v) is 3.90. The molecule has 1 amide bonds. The number of methoxy groups -OCH3 is 1. The Kier molecular flexibility index (Phi) is 4.71. The Hall–Kier alpha value is -1.63. The standard InChI is InChI=1S/C9H12N2O4S/c1-6(8(12)14-2)11-9(13)15-4-7-3-10-5-16-7/h3,5-6H,4H2,1-2H3,(H,11,13). The average molecular weight is 244 g/mol. The fraction of sp³-hybridized carbons (Fsp3) is 0.444. The van der Waals surface area contributed by atoms with E-state index in [2.05, 4.69) is 15.0 Å². The fourth-order valence-corrected chi connectivity index (χ4v) is 1.41. The van der Waals surface area contributed by atoms with Crippen molar-refractivity contribution in [3.8, 4) is 0 Å². The van der Waals surface area contributed by atoms with Crippen molar-refractivity contribution >= 4 is 23.4 Å². The van der Waals surface area contributed by atoms with E-state index in [0.717, 1.165) is 4.88 Å². The SMILES string of the molecule is COC(=O)C(C)NC(=O)OCc1cncs1. The Balaban J connectivity index is 2.28. The van der Waals surface area contributed by atoms with Crippen molar-refractivity contribution in [2.45, 2.75) is 19.6 Å². The van der Waals surface area contributed by atoms with Crippen molar-refractivity contribution in [2.75, 3.05) is 7.11 Å². The van der Waals surface area contributed by atoms with Gasteiger partial charge in [0.05, 0.1) is 17.5 Å². The lowest BCUT2D eigenvalue weighted by molar-refractivity contribution is -0.142. The highest BCUT2D eigenvalue weighted by molar-refractivity contribution is 7.09. The molecule has 1 unspecified atom stereocenters. The summed E-state index contributed by atoms with van der Waals surface area (Å²) in [5, 5.41) is 2.34. The van der Waals surface area contributed by atoms with Crippen molar-refractivity contribution in [3.63, 3.8) is 0 Å². The minimum atomic E-state index is -0.723.